The van der Waals surface area contributed by atoms with Crippen LogP contribution in [0.3, 0.4) is 0 Å². The zero-order valence-electron chi connectivity index (χ0n) is 19.7. The maximum absolute atomic E-state index is 12.9. The first kappa shape index (κ1) is 22.3. The standard InChI is InChI=1S/C27H34N4O/c1-20-25(18-29-31(20)27(2,3)4)26(32)28-17-23-9-5-6-10-24(23)22-13-11-21(12-14-22)19-30-15-7-8-16-30/h5-6,9-14,18H,7-8,15-17,19H2,1-4H3,(H,28,32). The van der Waals surface area contributed by atoms with Gasteiger partial charge in [0.2, 0.25) is 0 Å². The molecule has 1 aliphatic rings. The summed E-state index contributed by atoms with van der Waals surface area (Å²) in [6, 6.07) is 17.1. The van der Waals surface area contributed by atoms with Crippen molar-refractivity contribution in [3.8, 4) is 11.1 Å². The molecule has 2 heterocycles. The second-order valence-electron chi connectivity index (χ2n) is 9.75. The van der Waals surface area contributed by atoms with E-state index in [1.165, 1.54) is 37.1 Å². The molecule has 2 aromatic carbocycles. The minimum absolute atomic E-state index is 0.0891. The third-order valence-electron chi connectivity index (χ3n) is 6.22. The zero-order chi connectivity index (χ0) is 22.7. The van der Waals surface area contributed by atoms with Crippen LogP contribution in [0.15, 0.2) is 54.7 Å². The summed E-state index contributed by atoms with van der Waals surface area (Å²) in [6.07, 6.45) is 4.29. The average molecular weight is 431 g/mol. The third-order valence-corrected chi connectivity index (χ3v) is 6.22. The molecular formula is C27H34N4O. The quantitative estimate of drug-likeness (QED) is 0.589. The number of likely N-dealkylation sites (tertiary alicyclic amines) is 1. The fourth-order valence-electron chi connectivity index (χ4n) is 4.52. The molecule has 3 aromatic rings. The Bertz CT molecular complexity index is 1070. The third kappa shape index (κ3) is 4.94. The van der Waals surface area contributed by atoms with Crippen molar-refractivity contribution in [1.82, 2.24) is 20.0 Å². The maximum atomic E-state index is 12.9. The molecule has 5 nitrogen and oxygen atoms in total. The summed E-state index contributed by atoms with van der Waals surface area (Å²) in [4.78, 5) is 15.4. The van der Waals surface area contributed by atoms with Crippen molar-refractivity contribution in [2.24, 2.45) is 0 Å². The minimum atomic E-state index is -0.157. The lowest BCUT2D eigenvalue weighted by Gasteiger charge is -2.21. The van der Waals surface area contributed by atoms with E-state index in [4.69, 9.17) is 0 Å². The number of carbonyl (C=O) groups is 1. The summed E-state index contributed by atoms with van der Waals surface area (Å²) >= 11 is 0. The van der Waals surface area contributed by atoms with Gasteiger partial charge in [-0.2, -0.15) is 5.10 Å². The Labute approximate surface area is 191 Å². The Morgan fingerprint density at radius 1 is 1.03 bits per heavy atom. The number of benzene rings is 2. The predicted molar refractivity (Wildman–Crippen MR) is 130 cm³/mol. The van der Waals surface area contributed by atoms with Crippen molar-refractivity contribution < 1.29 is 4.79 Å². The molecule has 0 saturated carbocycles. The van der Waals surface area contributed by atoms with Crippen molar-refractivity contribution in [3.63, 3.8) is 0 Å². The highest BCUT2D eigenvalue weighted by Gasteiger charge is 2.21. The van der Waals surface area contributed by atoms with Crippen molar-refractivity contribution in [2.45, 2.75) is 59.2 Å². The van der Waals surface area contributed by atoms with Crippen molar-refractivity contribution in [3.05, 3.63) is 77.1 Å². The normalized spacial score (nSPS) is 14.6. The predicted octanol–water partition coefficient (Wildman–Crippen LogP) is 5.14. The number of carbonyl (C=O) groups excluding carboxylic acids is 1. The molecule has 1 aromatic heterocycles. The van der Waals surface area contributed by atoms with Crippen LogP contribution in [-0.4, -0.2) is 33.7 Å². The van der Waals surface area contributed by atoms with Gasteiger partial charge in [-0.15, -0.1) is 0 Å². The molecule has 168 valence electrons. The van der Waals surface area contributed by atoms with E-state index in [9.17, 15) is 4.79 Å². The topological polar surface area (TPSA) is 50.2 Å². The largest absolute Gasteiger partial charge is 0.348 e. The van der Waals surface area contributed by atoms with E-state index in [0.29, 0.717) is 12.1 Å². The second kappa shape index (κ2) is 9.29. The molecule has 1 aliphatic heterocycles. The van der Waals surface area contributed by atoms with E-state index in [1.54, 1.807) is 6.20 Å². The number of nitrogens with zero attached hydrogens (tertiary/aromatic N) is 3. The molecule has 1 N–H and O–H groups in total. The monoisotopic (exact) mass is 430 g/mol. The molecule has 0 unspecified atom stereocenters. The van der Waals surface area contributed by atoms with E-state index in [0.717, 1.165) is 23.4 Å². The summed E-state index contributed by atoms with van der Waals surface area (Å²) in [5.74, 6) is -0.0891. The van der Waals surface area contributed by atoms with E-state index in [2.05, 4.69) is 78.6 Å². The van der Waals surface area contributed by atoms with Crippen molar-refractivity contribution in [1.29, 1.82) is 0 Å². The number of nitrogens with one attached hydrogen (secondary N) is 1. The number of hydrogen-bond donors (Lipinski definition) is 1. The van der Waals surface area contributed by atoms with Gasteiger partial charge in [0, 0.05) is 18.8 Å². The van der Waals surface area contributed by atoms with Crippen LogP contribution in [0, 0.1) is 6.92 Å². The summed E-state index contributed by atoms with van der Waals surface area (Å²) in [7, 11) is 0. The van der Waals surface area contributed by atoms with Gasteiger partial charge in [-0.25, -0.2) is 0 Å². The molecule has 1 saturated heterocycles. The SMILES string of the molecule is Cc1c(C(=O)NCc2ccccc2-c2ccc(CN3CCCC3)cc2)cnn1C(C)(C)C. The van der Waals surface area contributed by atoms with Crippen molar-refractivity contribution in [2.75, 3.05) is 13.1 Å². The molecule has 1 fully saturated rings. The fourth-order valence-corrected chi connectivity index (χ4v) is 4.52. The van der Waals surface area contributed by atoms with Crippen LogP contribution in [0.4, 0.5) is 0 Å². The first-order valence-corrected chi connectivity index (χ1v) is 11.6. The highest BCUT2D eigenvalue weighted by atomic mass is 16.1. The lowest BCUT2D eigenvalue weighted by atomic mass is 9.98. The second-order valence-corrected chi connectivity index (χ2v) is 9.75. The van der Waals surface area contributed by atoms with Gasteiger partial charge in [0.05, 0.1) is 17.3 Å². The van der Waals surface area contributed by atoms with Gasteiger partial charge in [-0.05, 0) is 75.9 Å². The van der Waals surface area contributed by atoms with Gasteiger partial charge < -0.3 is 5.32 Å². The van der Waals surface area contributed by atoms with Crippen LogP contribution in [0.2, 0.25) is 0 Å². The average Bonchev–Trinajstić information content (AvgIpc) is 3.42. The smallest absolute Gasteiger partial charge is 0.255 e. The number of hydrogen-bond acceptors (Lipinski definition) is 3. The van der Waals surface area contributed by atoms with E-state index >= 15 is 0 Å². The van der Waals surface area contributed by atoms with Crippen LogP contribution in [0.1, 0.15) is 60.8 Å². The zero-order valence-corrected chi connectivity index (χ0v) is 19.7. The van der Waals surface area contributed by atoms with E-state index < -0.39 is 0 Å². The van der Waals surface area contributed by atoms with Crippen LogP contribution in [0.25, 0.3) is 11.1 Å². The molecule has 32 heavy (non-hydrogen) atoms. The number of rotatable bonds is 6. The molecule has 0 aliphatic carbocycles. The highest BCUT2D eigenvalue weighted by molar-refractivity contribution is 5.95. The van der Waals surface area contributed by atoms with Crippen LogP contribution >= 0.6 is 0 Å². The molecule has 0 radical (unpaired) electrons. The van der Waals surface area contributed by atoms with E-state index in [-0.39, 0.29) is 11.4 Å². The highest BCUT2D eigenvalue weighted by Crippen LogP contribution is 2.25. The lowest BCUT2D eigenvalue weighted by molar-refractivity contribution is 0.0950. The summed E-state index contributed by atoms with van der Waals surface area (Å²) in [5, 5.41) is 7.52. The Balaban J connectivity index is 1.46. The van der Waals surface area contributed by atoms with Crippen LogP contribution < -0.4 is 5.32 Å². The molecule has 0 atom stereocenters. The summed E-state index contributed by atoms with van der Waals surface area (Å²) in [5.41, 5.74) is 6.15. The molecule has 0 bridgehead atoms. The molecule has 4 rings (SSSR count). The molecule has 5 heteroatoms. The van der Waals surface area contributed by atoms with Gasteiger partial charge in [0.25, 0.3) is 5.91 Å². The van der Waals surface area contributed by atoms with Gasteiger partial charge in [0.15, 0.2) is 0 Å². The molecule has 0 spiro atoms. The van der Waals surface area contributed by atoms with Crippen molar-refractivity contribution >= 4 is 5.91 Å². The molecular weight excluding hydrogens is 396 g/mol. The van der Waals surface area contributed by atoms with Gasteiger partial charge in [-0.3, -0.25) is 14.4 Å². The Hall–Kier alpha value is -2.92. The van der Waals surface area contributed by atoms with Gasteiger partial charge in [0.1, 0.15) is 0 Å². The minimum Gasteiger partial charge on any atom is -0.348 e. The first-order valence-electron chi connectivity index (χ1n) is 11.6. The van der Waals surface area contributed by atoms with Crippen LogP contribution in [0.5, 0.6) is 0 Å². The van der Waals surface area contributed by atoms with Gasteiger partial charge >= 0.3 is 0 Å². The molecule has 1 amide bonds. The van der Waals surface area contributed by atoms with Crippen LogP contribution in [-0.2, 0) is 18.6 Å². The lowest BCUT2D eigenvalue weighted by Crippen LogP contribution is -2.26. The Morgan fingerprint density at radius 2 is 1.72 bits per heavy atom. The summed E-state index contributed by atoms with van der Waals surface area (Å²) < 4.78 is 1.90. The Morgan fingerprint density at radius 3 is 2.38 bits per heavy atom. The number of aromatic nitrogens is 2. The summed E-state index contributed by atoms with van der Waals surface area (Å²) in [6.45, 7) is 12.1. The van der Waals surface area contributed by atoms with Gasteiger partial charge in [-0.1, -0.05) is 48.5 Å². The fraction of sp³-hybridized carbons (Fsp3) is 0.407. The Kier molecular flexibility index (Phi) is 6.47. The van der Waals surface area contributed by atoms with E-state index in [1.807, 2.05) is 17.7 Å². The first-order chi connectivity index (χ1) is 15.3. The maximum Gasteiger partial charge on any atom is 0.255 e. The number of amides is 1.